The van der Waals surface area contributed by atoms with Crippen molar-refractivity contribution in [2.75, 3.05) is 7.11 Å². The largest absolute Gasteiger partial charge is 0.426 e. The summed E-state index contributed by atoms with van der Waals surface area (Å²) in [6, 6.07) is 1.77. The van der Waals surface area contributed by atoms with Crippen molar-refractivity contribution in [2.45, 2.75) is 84.0 Å². The van der Waals surface area contributed by atoms with Crippen molar-refractivity contribution in [3.05, 3.63) is 61.2 Å². The first-order chi connectivity index (χ1) is 17.5. The maximum Gasteiger partial charge on any atom is 0.402 e. The average molecular weight is 553 g/mol. The van der Waals surface area contributed by atoms with Gasteiger partial charge in [-0.1, -0.05) is 47.5 Å². The molecule has 208 valence electrons. The second-order valence-corrected chi connectivity index (χ2v) is 12.2. The van der Waals surface area contributed by atoms with Crippen molar-refractivity contribution < 1.29 is 32.9 Å². The third-order valence-corrected chi connectivity index (χ3v) is 7.21. The van der Waals surface area contributed by atoms with Crippen LogP contribution in [-0.4, -0.2) is 39.0 Å². The number of hydrogen-bond acceptors (Lipinski definition) is 8. The minimum atomic E-state index is -2.90. The van der Waals surface area contributed by atoms with Crippen molar-refractivity contribution >= 4 is 8.60 Å². The monoisotopic (exact) mass is 552 g/mol. The molecule has 10 nitrogen and oxygen atoms in total. The Labute approximate surface area is 221 Å². The summed E-state index contributed by atoms with van der Waals surface area (Å²) in [6.07, 6.45) is 4.97. The van der Waals surface area contributed by atoms with Crippen molar-refractivity contribution in [3.63, 3.8) is 0 Å². The molecule has 0 saturated heterocycles. The third kappa shape index (κ3) is 6.34. The lowest BCUT2D eigenvalue weighted by Gasteiger charge is -2.36. The van der Waals surface area contributed by atoms with Gasteiger partial charge in [0.1, 0.15) is 23.2 Å². The zero-order valence-electron chi connectivity index (χ0n) is 22.5. The van der Waals surface area contributed by atoms with Crippen molar-refractivity contribution in [2.24, 2.45) is 0 Å². The fourth-order valence-corrected chi connectivity index (χ4v) is 5.03. The fourth-order valence-electron chi connectivity index (χ4n) is 3.96. The maximum absolute atomic E-state index is 15.5. The number of nitrogens with zero attached hydrogens (tertiary/aromatic N) is 1. The minimum Gasteiger partial charge on any atom is -0.426 e. The predicted octanol–water partition coefficient (Wildman–Crippen LogP) is 3.15. The van der Waals surface area contributed by atoms with Gasteiger partial charge in [0.2, 0.25) is 0 Å². The van der Waals surface area contributed by atoms with Crippen molar-refractivity contribution in [1.29, 1.82) is 0 Å². The van der Waals surface area contributed by atoms with Crippen LogP contribution in [0.5, 0.6) is 5.75 Å². The number of methoxy groups -OCH3 is 1. The van der Waals surface area contributed by atoms with Crippen molar-refractivity contribution in [3.8, 4) is 18.1 Å². The molecule has 1 aliphatic rings. The number of terminal acetylenes is 1. The second-order valence-electron chi connectivity index (χ2n) is 11.1. The molecule has 0 fully saturated rings. The maximum atomic E-state index is 15.5. The first-order valence-electron chi connectivity index (χ1n) is 11.9. The number of aromatic nitrogens is 2. The molecule has 3 N–H and O–H groups in total. The number of nitrogens with one attached hydrogen (secondary N) is 1. The number of aryl methyl sites for hydroxylation is 1. The van der Waals surface area contributed by atoms with E-state index in [0.717, 1.165) is 10.1 Å². The fraction of sp³-hybridized carbons (Fsp3) is 0.538. The van der Waals surface area contributed by atoms with E-state index in [4.69, 9.17) is 24.7 Å². The Morgan fingerprint density at radius 2 is 1.84 bits per heavy atom. The van der Waals surface area contributed by atoms with E-state index in [2.05, 4.69) is 10.9 Å². The molecule has 2 atom stereocenters. The number of aromatic amines is 1. The van der Waals surface area contributed by atoms with Crippen LogP contribution in [0.25, 0.3) is 0 Å². The molecule has 12 heteroatoms. The molecule has 1 aromatic heterocycles. The van der Waals surface area contributed by atoms with Crippen LogP contribution in [-0.2, 0) is 37.8 Å². The SMILES string of the molecule is C#Cc1cn(CCC(OC)C(O)(O)OP2OCc3c(F)c(C(C)(C)C)cc(C(C)(C)C)c3O2)c(=O)[nH]c1=O. The Morgan fingerprint density at radius 1 is 1.21 bits per heavy atom. The summed E-state index contributed by atoms with van der Waals surface area (Å²) < 4.78 is 38.6. The topological polar surface area (TPSA) is 132 Å². The number of ether oxygens (including phenoxy) is 1. The average Bonchev–Trinajstić information content (AvgIpc) is 2.78. The Bertz CT molecular complexity index is 1350. The molecule has 0 aliphatic carbocycles. The van der Waals surface area contributed by atoms with E-state index < -0.39 is 48.6 Å². The number of rotatable bonds is 7. The summed E-state index contributed by atoms with van der Waals surface area (Å²) in [7, 11) is -1.14. The molecule has 0 spiro atoms. The van der Waals surface area contributed by atoms with Gasteiger partial charge >= 0.3 is 20.3 Å². The summed E-state index contributed by atoms with van der Waals surface area (Å²) in [5, 5.41) is 21.4. The van der Waals surface area contributed by atoms with Gasteiger partial charge in [-0.05, 0) is 28.9 Å². The highest BCUT2D eigenvalue weighted by molar-refractivity contribution is 7.42. The van der Waals surface area contributed by atoms with Gasteiger partial charge < -0.3 is 19.5 Å². The summed E-state index contributed by atoms with van der Waals surface area (Å²) in [6.45, 7) is 11.3. The first-order valence-corrected chi connectivity index (χ1v) is 13.0. The van der Waals surface area contributed by atoms with E-state index in [-0.39, 0.29) is 36.4 Å². The molecular formula is C26H34FN2O8P. The van der Waals surface area contributed by atoms with E-state index in [0.29, 0.717) is 5.56 Å². The van der Waals surface area contributed by atoms with E-state index >= 15 is 4.39 Å². The highest BCUT2D eigenvalue weighted by Gasteiger charge is 2.44. The van der Waals surface area contributed by atoms with Gasteiger partial charge in [0, 0.05) is 25.4 Å². The normalized spacial score (nSPS) is 16.9. The molecule has 0 bridgehead atoms. The van der Waals surface area contributed by atoms with Gasteiger partial charge in [-0.15, -0.1) is 6.42 Å². The Balaban J connectivity index is 1.84. The molecule has 38 heavy (non-hydrogen) atoms. The quantitative estimate of drug-likeness (QED) is 0.271. The molecule has 2 unspecified atom stereocenters. The third-order valence-electron chi connectivity index (χ3n) is 6.12. The van der Waals surface area contributed by atoms with E-state index in [9.17, 15) is 19.8 Å². The molecule has 0 radical (unpaired) electrons. The molecule has 2 heterocycles. The van der Waals surface area contributed by atoms with Gasteiger partial charge in [0.05, 0.1) is 12.2 Å². The van der Waals surface area contributed by atoms with E-state index in [1.54, 1.807) is 6.07 Å². The number of fused-ring (bicyclic) bond motifs is 1. The van der Waals surface area contributed by atoms with Crippen LogP contribution in [0.4, 0.5) is 4.39 Å². The predicted molar refractivity (Wildman–Crippen MR) is 139 cm³/mol. The van der Waals surface area contributed by atoms with Crippen LogP contribution in [0.1, 0.15) is 70.2 Å². The first kappa shape index (κ1) is 30.0. The standard InChI is InChI=1S/C26H34FN2O8P/c1-9-15-13-29(23(31)28-22(15)30)11-10-19(34-8)26(32,33)37-38-35-14-16-20(27)17(24(2,3)4)12-18(21(16)36-38)25(5,6)7/h1,12-13,19,32-33H,10-11,14H2,2-8H3,(H,28,30,31). The zero-order valence-corrected chi connectivity index (χ0v) is 23.4. The number of halogens is 1. The van der Waals surface area contributed by atoms with Crippen LogP contribution in [0.2, 0.25) is 0 Å². The Morgan fingerprint density at radius 3 is 2.39 bits per heavy atom. The lowest BCUT2D eigenvalue weighted by molar-refractivity contribution is -0.345. The highest BCUT2D eigenvalue weighted by Crippen LogP contribution is 2.54. The summed E-state index contributed by atoms with van der Waals surface area (Å²) >= 11 is 0. The van der Waals surface area contributed by atoms with Crippen LogP contribution < -0.4 is 15.8 Å². The van der Waals surface area contributed by atoms with Gasteiger partial charge in [0.15, 0.2) is 0 Å². The summed E-state index contributed by atoms with van der Waals surface area (Å²) in [5.41, 5.74) is -0.903. The van der Waals surface area contributed by atoms with Crippen molar-refractivity contribution in [1.82, 2.24) is 9.55 Å². The molecular weight excluding hydrogens is 518 g/mol. The molecule has 3 rings (SSSR count). The lowest BCUT2D eigenvalue weighted by atomic mass is 9.78. The van der Waals surface area contributed by atoms with Gasteiger partial charge in [-0.3, -0.25) is 18.9 Å². The smallest absolute Gasteiger partial charge is 0.402 e. The molecule has 1 aromatic carbocycles. The Hall–Kier alpha value is -2.58. The molecule has 0 amide bonds. The van der Waals surface area contributed by atoms with Gasteiger partial charge in [-0.25, -0.2) is 13.7 Å². The number of benzene rings is 1. The minimum absolute atomic E-state index is 0.0586. The van der Waals surface area contributed by atoms with Gasteiger partial charge in [-0.2, -0.15) is 0 Å². The molecule has 0 saturated carbocycles. The lowest BCUT2D eigenvalue weighted by Crippen LogP contribution is -2.46. The second kappa shape index (κ2) is 10.9. The van der Waals surface area contributed by atoms with E-state index in [1.165, 1.54) is 13.3 Å². The number of aliphatic hydroxyl groups is 2. The molecule has 2 aromatic rings. The number of H-pyrrole nitrogens is 1. The Kier molecular flexibility index (Phi) is 8.59. The van der Waals surface area contributed by atoms with Crippen LogP contribution >= 0.6 is 8.60 Å². The summed E-state index contributed by atoms with van der Waals surface area (Å²) in [5.74, 6) is -0.926. The van der Waals surface area contributed by atoms with E-state index in [1.807, 2.05) is 41.5 Å². The van der Waals surface area contributed by atoms with Gasteiger partial charge in [0.25, 0.3) is 5.56 Å². The van der Waals surface area contributed by atoms with Crippen LogP contribution in [0.15, 0.2) is 21.9 Å². The zero-order chi connectivity index (χ0) is 28.6. The van der Waals surface area contributed by atoms with Crippen LogP contribution in [0.3, 0.4) is 0 Å². The summed E-state index contributed by atoms with van der Waals surface area (Å²) in [4.78, 5) is 25.9. The highest BCUT2D eigenvalue weighted by atomic mass is 31.2. The number of hydrogen-bond donors (Lipinski definition) is 3. The van der Waals surface area contributed by atoms with Crippen LogP contribution in [0, 0.1) is 18.2 Å². The molecule has 1 aliphatic heterocycles.